The lowest BCUT2D eigenvalue weighted by Gasteiger charge is -2.32. The fraction of sp³-hybridized carbons (Fsp3) is 0.900. The van der Waals surface area contributed by atoms with Crippen molar-refractivity contribution in [3.63, 3.8) is 0 Å². The van der Waals surface area contributed by atoms with E-state index in [4.69, 9.17) is 9.84 Å². The van der Waals surface area contributed by atoms with Crippen molar-refractivity contribution in [2.24, 2.45) is 5.41 Å². The van der Waals surface area contributed by atoms with Gasteiger partial charge in [-0.15, -0.1) is 0 Å². The topological polar surface area (TPSA) is 46.5 Å². The largest absolute Gasteiger partial charge is 0.395 e. The van der Waals surface area contributed by atoms with Gasteiger partial charge in [-0.3, -0.25) is 4.79 Å². The summed E-state index contributed by atoms with van der Waals surface area (Å²) >= 11 is 0. The van der Waals surface area contributed by atoms with Gasteiger partial charge in [-0.1, -0.05) is 13.8 Å². The summed E-state index contributed by atoms with van der Waals surface area (Å²) in [6.07, 6.45) is 1.33. The first-order valence-corrected chi connectivity index (χ1v) is 4.91. The Morgan fingerprint density at radius 3 is 2.08 bits per heavy atom. The van der Waals surface area contributed by atoms with Gasteiger partial charge in [0.15, 0.2) is 0 Å². The van der Waals surface area contributed by atoms with Crippen LogP contribution < -0.4 is 0 Å². The monoisotopic (exact) mass is 188 g/mol. The molecule has 13 heavy (non-hydrogen) atoms. The summed E-state index contributed by atoms with van der Waals surface area (Å²) in [5.74, 6) is 0.0864. The molecule has 0 bridgehead atoms. The smallest absolute Gasteiger partial charge is 0.138 e. The number of aliphatic hydroxyl groups excluding tert-OH is 1. The quantitative estimate of drug-likeness (QED) is 0.712. The van der Waals surface area contributed by atoms with E-state index >= 15 is 0 Å². The molecule has 1 rings (SSSR count). The highest BCUT2D eigenvalue weighted by molar-refractivity contribution is 5.82. The molecule has 3 nitrogen and oxygen atoms in total. The molecule has 0 radical (unpaired) electrons. The lowest BCUT2D eigenvalue weighted by Crippen LogP contribution is -2.38. The molecule has 1 N–H and O–H groups in total. The van der Waals surface area contributed by atoms with Crippen LogP contribution in [0.25, 0.3) is 0 Å². The standard InChI is InChI=1S/C8H14O3.C2H6/c1-7(10)8(6-9)2-4-11-5-3-8;1-2/h9H,2-6H2,1H3;1-2H3. The van der Waals surface area contributed by atoms with Gasteiger partial charge in [-0.2, -0.15) is 0 Å². The summed E-state index contributed by atoms with van der Waals surface area (Å²) in [6.45, 7) is 6.70. The normalized spacial score (nSPS) is 20.0. The maximum absolute atomic E-state index is 11.1. The van der Waals surface area contributed by atoms with E-state index in [1.54, 1.807) is 6.92 Å². The lowest BCUT2D eigenvalue weighted by molar-refractivity contribution is -0.135. The van der Waals surface area contributed by atoms with Gasteiger partial charge in [0.05, 0.1) is 12.0 Å². The average Bonchev–Trinajstić information content (AvgIpc) is 2.21. The first-order valence-electron chi connectivity index (χ1n) is 4.91. The van der Waals surface area contributed by atoms with E-state index in [1.807, 2.05) is 13.8 Å². The van der Waals surface area contributed by atoms with Gasteiger partial charge >= 0.3 is 0 Å². The summed E-state index contributed by atoms with van der Waals surface area (Å²) in [5, 5.41) is 9.04. The van der Waals surface area contributed by atoms with E-state index < -0.39 is 5.41 Å². The van der Waals surface area contributed by atoms with E-state index in [9.17, 15) is 4.79 Å². The predicted octanol–water partition coefficient (Wildman–Crippen LogP) is 1.39. The molecular weight excluding hydrogens is 168 g/mol. The number of Topliss-reactive ketones (excluding diaryl/α,β-unsaturated/α-hetero) is 1. The zero-order chi connectivity index (χ0) is 10.3. The van der Waals surface area contributed by atoms with Crippen LogP contribution in [0.4, 0.5) is 0 Å². The molecular formula is C10H20O3. The minimum absolute atomic E-state index is 0.0360. The summed E-state index contributed by atoms with van der Waals surface area (Å²) < 4.78 is 5.11. The van der Waals surface area contributed by atoms with Crippen LogP contribution in [0.3, 0.4) is 0 Å². The summed E-state index contributed by atoms with van der Waals surface area (Å²) in [4.78, 5) is 11.1. The van der Waals surface area contributed by atoms with Crippen molar-refractivity contribution >= 4 is 5.78 Å². The van der Waals surface area contributed by atoms with Crippen molar-refractivity contribution in [3.05, 3.63) is 0 Å². The molecule has 1 fully saturated rings. The van der Waals surface area contributed by atoms with E-state index in [-0.39, 0.29) is 12.4 Å². The fourth-order valence-corrected chi connectivity index (χ4v) is 1.38. The molecule has 3 heteroatoms. The number of aliphatic hydroxyl groups is 1. The zero-order valence-corrected chi connectivity index (χ0v) is 8.80. The Labute approximate surface area is 80.1 Å². The molecule has 1 aliphatic rings. The second-order valence-corrected chi connectivity index (χ2v) is 3.11. The number of carbonyl (C=O) groups is 1. The Kier molecular flexibility index (Phi) is 5.91. The van der Waals surface area contributed by atoms with Gasteiger partial charge in [0.2, 0.25) is 0 Å². The van der Waals surface area contributed by atoms with Gasteiger partial charge in [0, 0.05) is 13.2 Å². The van der Waals surface area contributed by atoms with E-state index in [2.05, 4.69) is 0 Å². The summed E-state index contributed by atoms with van der Waals surface area (Å²) in [6, 6.07) is 0. The van der Waals surface area contributed by atoms with E-state index in [0.717, 1.165) is 0 Å². The lowest BCUT2D eigenvalue weighted by atomic mass is 9.78. The van der Waals surface area contributed by atoms with Crippen LogP contribution in [0.2, 0.25) is 0 Å². The molecule has 78 valence electrons. The number of hydrogen-bond acceptors (Lipinski definition) is 3. The summed E-state index contributed by atoms with van der Waals surface area (Å²) in [7, 11) is 0. The maximum Gasteiger partial charge on any atom is 0.138 e. The second kappa shape index (κ2) is 6.11. The number of hydrogen-bond donors (Lipinski definition) is 1. The van der Waals surface area contributed by atoms with Crippen LogP contribution in [0.1, 0.15) is 33.6 Å². The fourth-order valence-electron chi connectivity index (χ4n) is 1.38. The molecule has 1 aliphatic heterocycles. The molecule has 0 amide bonds. The van der Waals surface area contributed by atoms with Gasteiger partial charge in [-0.25, -0.2) is 0 Å². The highest BCUT2D eigenvalue weighted by atomic mass is 16.5. The first-order chi connectivity index (χ1) is 6.21. The van der Waals surface area contributed by atoms with Crippen molar-refractivity contribution < 1.29 is 14.6 Å². The highest BCUT2D eigenvalue weighted by Crippen LogP contribution is 2.30. The molecule has 0 aromatic heterocycles. The number of ether oxygens (including phenoxy) is 1. The molecule has 0 atom stereocenters. The summed E-state index contributed by atoms with van der Waals surface area (Å²) in [5.41, 5.74) is -0.488. The van der Waals surface area contributed by atoms with Gasteiger partial charge in [-0.05, 0) is 19.8 Å². The molecule has 0 aromatic carbocycles. The third kappa shape index (κ3) is 3.08. The maximum atomic E-state index is 11.1. The highest BCUT2D eigenvalue weighted by Gasteiger charge is 2.36. The van der Waals surface area contributed by atoms with Crippen molar-refractivity contribution in [2.45, 2.75) is 33.6 Å². The van der Waals surface area contributed by atoms with Crippen LogP contribution in [0, 0.1) is 5.41 Å². The van der Waals surface area contributed by atoms with Crippen LogP contribution in [-0.2, 0) is 9.53 Å². The third-order valence-corrected chi connectivity index (χ3v) is 2.50. The van der Waals surface area contributed by atoms with Crippen molar-refractivity contribution in [3.8, 4) is 0 Å². The van der Waals surface area contributed by atoms with Gasteiger partial charge in [0.25, 0.3) is 0 Å². The van der Waals surface area contributed by atoms with Gasteiger partial charge in [0.1, 0.15) is 5.78 Å². The third-order valence-electron chi connectivity index (χ3n) is 2.50. The molecule has 0 spiro atoms. The molecule has 0 aromatic rings. The Morgan fingerprint density at radius 1 is 1.38 bits per heavy atom. The molecule has 0 aliphatic carbocycles. The second-order valence-electron chi connectivity index (χ2n) is 3.11. The Bertz CT molecular complexity index is 148. The molecule has 0 unspecified atom stereocenters. The predicted molar refractivity (Wildman–Crippen MR) is 51.6 cm³/mol. The molecule has 0 saturated carbocycles. The van der Waals surface area contributed by atoms with Crippen molar-refractivity contribution in [2.75, 3.05) is 19.8 Å². The van der Waals surface area contributed by atoms with Crippen LogP contribution >= 0.6 is 0 Å². The van der Waals surface area contributed by atoms with E-state index in [1.165, 1.54) is 0 Å². The number of rotatable bonds is 2. The Hall–Kier alpha value is -0.410. The molecule has 1 saturated heterocycles. The number of carbonyl (C=O) groups excluding carboxylic acids is 1. The van der Waals surface area contributed by atoms with Crippen LogP contribution in [-0.4, -0.2) is 30.7 Å². The van der Waals surface area contributed by atoms with E-state index in [0.29, 0.717) is 26.1 Å². The minimum atomic E-state index is -0.488. The minimum Gasteiger partial charge on any atom is -0.395 e. The van der Waals surface area contributed by atoms with Crippen LogP contribution in [0.5, 0.6) is 0 Å². The number of ketones is 1. The SMILES string of the molecule is CC.CC(=O)C1(CO)CCOCC1. The van der Waals surface area contributed by atoms with Crippen molar-refractivity contribution in [1.82, 2.24) is 0 Å². The Balaban J connectivity index is 0.000000671. The van der Waals surface area contributed by atoms with Gasteiger partial charge < -0.3 is 9.84 Å². The van der Waals surface area contributed by atoms with Crippen molar-refractivity contribution in [1.29, 1.82) is 0 Å². The van der Waals surface area contributed by atoms with Crippen LogP contribution in [0.15, 0.2) is 0 Å². The Morgan fingerprint density at radius 2 is 1.85 bits per heavy atom. The average molecular weight is 188 g/mol. The zero-order valence-electron chi connectivity index (χ0n) is 8.80. The first kappa shape index (κ1) is 12.6. The molecule has 1 heterocycles.